The Bertz CT molecular complexity index is 467. The summed E-state index contributed by atoms with van der Waals surface area (Å²) in [5.74, 6) is 2.33. The third-order valence-electron chi connectivity index (χ3n) is 7.70. The summed E-state index contributed by atoms with van der Waals surface area (Å²) < 4.78 is 11.1. The molecular formula is C27H50O5. The van der Waals surface area contributed by atoms with E-state index in [4.69, 9.17) is 14.4 Å². The maximum atomic E-state index is 11.8. The highest BCUT2D eigenvalue weighted by atomic mass is 17.1. The third-order valence-corrected chi connectivity index (χ3v) is 7.70. The molecule has 2 rings (SSSR count). The minimum Gasteiger partial charge on any atom is -0.463 e. The Labute approximate surface area is 196 Å². The predicted octanol–water partition coefficient (Wildman–Crippen LogP) is 7.32. The molecule has 5 nitrogen and oxygen atoms in total. The molecule has 2 fully saturated rings. The summed E-state index contributed by atoms with van der Waals surface area (Å²) in [6.45, 7) is 5.56. The van der Waals surface area contributed by atoms with Gasteiger partial charge < -0.3 is 9.47 Å². The molecule has 2 aliphatic rings. The molecule has 1 unspecified atom stereocenters. The highest BCUT2D eigenvalue weighted by Gasteiger charge is 2.22. The lowest BCUT2D eigenvalue weighted by Crippen LogP contribution is -2.22. The molecule has 0 saturated heterocycles. The quantitative estimate of drug-likeness (QED) is 0.114. The summed E-state index contributed by atoms with van der Waals surface area (Å²) >= 11 is 0. The number of hydrogen-bond donors (Lipinski definition) is 1. The largest absolute Gasteiger partial charge is 0.463 e. The minimum atomic E-state index is -0.0918. The molecule has 0 aliphatic heterocycles. The first kappa shape index (κ1) is 27.6. The molecule has 0 aromatic heterocycles. The molecular weight excluding hydrogens is 404 g/mol. The number of hydrogen-bond acceptors (Lipinski definition) is 5. The van der Waals surface area contributed by atoms with E-state index >= 15 is 0 Å². The maximum Gasteiger partial charge on any atom is 0.305 e. The topological polar surface area (TPSA) is 65.0 Å². The van der Waals surface area contributed by atoms with Crippen molar-refractivity contribution >= 4 is 5.97 Å². The van der Waals surface area contributed by atoms with E-state index in [0.717, 1.165) is 69.1 Å². The van der Waals surface area contributed by atoms with Gasteiger partial charge in [0.25, 0.3) is 0 Å². The molecule has 2 saturated carbocycles. The van der Waals surface area contributed by atoms with Gasteiger partial charge in [-0.15, -0.1) is 0 Å². The fourth-order valence-corrected chi connectivity index (χ4v) is 5.34. The number of ether oxygens (including phenoxy) is 2. The van der Waals surface area contributed by atoms with E-state index in [1.807, 2.05) is 0 Å². The van der Waals surface area contributed by atoms with Crippen LogP contribution in [0.5, 0.6) is 0 Å². The van der Waals surface area contributed by atoms with Crippen molar-refractivity contribution in [2.45, 2.75) is 135 Å². The Balaban J connectivity index is 1.35. The predicted molar refractivity (Wildman–Crippen MR) is 129 cm³/mol. The number of unbranched alkanes of at least 4 members (excludes halogenated alkanes) is 5. The van der Waals surface area contributed by atoms with Crippen LogP contribution in [0.3, 0.4) is 0 Å². The molecule has 32 heavy (non-hydrogen) atoms. The maximum absolute atomic E-state index is 11.8. The molecule has 188 valence electrons. The van der Waals surface area contributed by atoms with Crippen LogP contribution in [0.25, 0.3) is 0 Å². The Morgan fingerprint density at radius 3 is 2.06 bits per heavy atom. The zero-order valence-electron chi connectivity index (χ0n) is 20.9. The van der Waals surface area contributed by atoms with Crippen molar-refractivity contribution < 1.29 is 24.4 Å². The number of esters is 1. The molecule has 1 atom stereocenters. The molecule has 1 N–H and O–H groups in total. The van der Waals surface area contributed by atoms with Gasteiger partial charge in [-0.05, 0) is 62.7 Å². The van der Waals surface area contributed by atoms with Crippen LogP contribution in [0.2, 0.25) is 0 Å². The molecule has 0 amide bonds. The first-order valence-corrected chi connectivity index (χ1v) is 13.6. The average Bonchev–Trinajstić information content (AvgIpc) is 2.80. The van der Waals surface area contributed by atoms with Crippen molar-refractivity contribution in [3.05, 3.63) is 0 Å². The molecule has 0 heterocycles. The summed E-state index contributed by atoms with van der Waals surface area (Å²) in [5.41, 5.74) is 0. The summed E-state index contributed by atoms with van der Waals surface area (Å²) in [4.78, 5) is 16.6. The van der Waals surface area contributed by atoms with E-state index in [1.165, 1.54) is 51.4 Å². The fraction of sp³-hybridized carbons (Fsp3) is 0.963. The Morgan fingerprint density at radius 1 is 0.812 bits per heavy atom. The normalized spacial score (nSPS) is 27.2. The molecule has 2 aliphatic carbocycles. The SMILES string of the molecule is CC1CCC(CC(CCCCCCCCC(=O)OCCOC2CCC(C)CC2)OO)CC1. The molecule has 0 aromatic carbocycles. The standard InChI is InChI=1S/C27H50O5/c1-22-11-15-24(16-12-22)21-26(32-29)9-7-5-3-4-6-8-10-27(28)31-20-19-30-25-17-13-23(2)14-18-25/h22-26,29H,3-21H2,1-2H3. The second-order valence-corrected chi connectivity index (χ2v) is 10.7. The lowest BCUT2D eigenvalue weighted by Gasteiger charge is -2.28. The van der Waals surface area contributed by atoms with Gasteiger partial charge in [0.15, 0.2) is 0 Å². The monoisotopic (exact) mass is 454 g/mol. The molecule has 0 aromatic rings. The van der Waals surface area contributed by atoms with Gasteiger partial charge >= 0.3 is 5.97 Å². The zero-order chi connectivity index (χ0) is 23.0. The van der Waals surface area contributed by atoms with Gasteiger partial charge in [0.05, 0.1) is 18.8 Å². The Kier molecular flexibility index (Phi) is 14.6. The van der Waals surface area contributed by atoms with Gasteiger partial charge in [-0.3, -0.25) is 10.1 Å². The highest BCUT2D eigenvalue weighted by molar-refractivity contribution is 5.69. The van der Waals surface area contributed by atoms with E-state index in [-0.39, 0.29) is 12.1 Å². The Morgan fingerprint density at radius 2 is 1.41 bits per heavy atom. The summed E-state index contributed by atoms with van der Waals surface area (Å²) in [5, 5.41) is 9.23. The minimum absolute atomic E-state index is 0.00818. The van der Waals surface area contributed by atoms with E-state index in [0.29, 0.717) is 25.7 Å². The second kappa shape index (κ2) is 16.9. The molecule has 5 heteroatoms. The van der Waals surface area contributed by atoms with Crippen molar-refractivity contribution in [1.82, 2.24) is 0 Å². The van der Waals surface area contributed by atoms with Crippen molar-refractivity contribution in [2.75, 3.05) is 13.2 Å². The van der Waals surface area contributed by atoms with E-state index in [1.54, 1.807) is 0 Å². The lowest BCUT2D eigenvalue weighted by atomic mass is 9.80. The van der Waals surface area contributed by atoms with Crippen LogP contribution in [0.15, 0.2) is 0 Å². The van der Waals surface area contributed by atoms with Crippen LogP contribution in [0.4, 0.5) is 0 Å². The van der Waals surface area contributed by atoms with Crippen LogP contribution < -0.4 is 0 Å². The highest BCUT2D eigenvalue weighted by Crippen LogP contribution is 2.32. The first-order valence-electron chi connectivity index (χ1n) is 13.6. The van der Waals surface area contributed by atoms with Gasteiger partial charge in [-0.2, -0.15) is 0 Å². The summed E-state index contributed by atoms with van der Waals surface area (Å²) in [7, 11) is 0. The second-order valence-electron chi connectivity index (χ2n) is 10.7. The van der Waals surface area contributed by atoms with Gasteiger partial charge in [0.2, 0.25) is 0 Å². The van der Waals surface area contributed by atoms with Crippen molar-refractivity contribution in [1.29, 1.82) is 0 Å². The van der Waals surface area contributed by atoms with E-state index in [9.17, 15) is 10.1 Å². The molecule has 0 spiro atoms. The molecule has 0 radical (unpaired) electrons. The summed E-state index contributed by atoms with van der Waals surface area (Å²) in [6.07, 6.45) is 19.5. The van der Waals surface area contributed by atoms with E-state index in [2.05, 4.69) is 13.8 Å². The van der Waals surface area contributed by atoms with Crippen LogP contribution in [0.1, 0.15) is 123 Å². The first-order chi connectivity index (χ1) is 15.6. The smallest absolute Gasteiger partial charge is 0.305 e. The lowest BCUT2D eigenvalue weighted by molar-refractivity contribution is -0.283. The van der Waals surface area contributed by atoms with Gasteiger partial charge in [0.1, 0.15) is 6.61 Å². The number of carbonyl (C=O) groups is 1. The number of rotatable bonds is 16. The van der Waals surface area contributed by atoms with Crippen molar-refractivity contribution in [3.8, 4) is 0 Å². The van der Waals surface area contributed by atoms with Crippen LogP contribution >= 0.6 is 0 Å². The van der Waals surface area contributed by atoms with Crippen molar-refractivity contribution in [2.24, 2.45) is 17.8 Å². The zero-order valence-corrected chi connectivity index (χ0v) is 20.9. The van der Waals surface area contributed by atoms with E-state index < -0.39 is 0 Å². The van der Waals surface area contributed by atoms with Crippen LogP contribution in [-0.2, 0) is 19.2 Å². The van der Waals surface area contributed by atoms with Crippen LogP contribution in [0, 0.1) is 17.8 Å². The summed E-state index contributed by atoms with van der Waals surface area (Å²) in [6, 6.07) is 0. The van der Waals surface area contributed by atoms with Gasteiger partial charge in [0, 0.05) is 6.42 Å². The number of carbonyl (C=O) groups excluding carboxylic acids is 1. The third kappa shape index (κ3) is 12.6. The van der Waals surface area contributed by atoms with Crippen molar-refractivity contribution in [3.63, 3.8) is 0 Å². The fourth-order valence-electron chi connectivity index (χ4n) is 5.34. The molecule has 0 bridgehead atoms. The van der Waals surface area contributed by atoms with Gasteiger partial charge in [-0.25, -0.2) is 4.89 Å². The van der Waals surface area contributed by atoms with Gasteiger partial charge in [-0.1, -0.05) is 71.6 Å². The average molecular weight is 455 g/mol. The Hall–Kier alpha value is -0.650. The van der Waals surface area contributed by atoms with Crippen LogP contribution in [-0.4, -0.2) is 36.6 Å².